The van der Waals surface area contributed by atoms with E-state index in [1.807, 2.05) is 6.07 Å². The SMILES string of the molecule is FC(F)(F)c1ccc2ccc3cccnc3c2n1.[Cu+]. The van der Waals surface area contributed by atoms with E-state index in [1.165, 1.54) is 6.07 Å². The van der Waals surface area contributed by atoms with Crippen LogP contribution in [0.4, 0.5) is 13.2 Å². The summed E-state index contributed by atoms with van der Waals surface area (Å²) in [6.45, 7) is 0. The van der Waals surface area contributed by atoms with Crippen LogP contribution in [0.2, 0.25) is 0 Å². The Morgan fingerprint density at radius 1 is 0.842 bits per heavy atom. The van der Waals surface area contributed by atoms with Gasteiger partial charge in [-0.3, -0.25) is 4.98 Å². The Balaban J connectivity index is 0.00000133. The molecule has 100 valence electrons. The van der Waals surface area contributed by atoms with Crippen LogP contribution in [0.25, 0.3) is 21.8 Å². The second-order valence-corrected chi connectivity index (χ2v) is 3.91. The van der Waals surface area contributed by atoms with E-state index in [2.05, 4.69) is 9.97 Å². The normalized spacial score (nSPS) is 11.5. The van der Waals surface area contributed by atoms with Gasteiger partial charge in [0.05, 0.1) is 11.0 Å². The summed E-state index contributed by atoms with van der Waals surface area (Å²) < 4.78 is 37.9. The van der Waals surface area contributed by atoms with E-state index in [0.29, 0.717) is 10.9 Å². The molecule has 6 heteroatoms. The first kappa shape index (κ1) is 13.8. The van der Waals surface area contributed by atoms with E-state index < -0.39 is 11.9 Å². The Hall–Kier alpha value is -1.65. The molecule has 0 saturated heterocycles. The predicted octanol–water partition coefficient (Wildman–Crippen LogP) is 3.80. The maximum atomic E-state index is 12.6. The van der Waals surface area contributed by atoms with Gasteiger partial charge in [0, 0.05) is 17.0 Å². The van der Waals surface area contributed by atoms with Crippen molar-refractivity contribution in [3.8, 4) is 0 Å². The second-order valence-electron chi connectivity index (χ2n) is 3.91. The molecule has 0 aliphatic carbocycles. The molecule has 0 aliphatic heterocycles. The van der Waals surface area contributed by atoms with Crippen LogP contribution in [0.1, 0.15) is 5.69 Å². The molecule has 0 unspecified atom stereocenters. The Kier molecular flexibility index (Phi) is 3.47. The Morgan fingerprint density at radius 3 is 2.16 bits per heavy atom. The minimum atomic E-state index is -4.44. The molecule has 0 radical (unpaired) electrons. The summed E-state index contributed by atoms with van der Waals surface area (Å²) >= 11 is 0. The van der Waals surface area contributed by atoms with Crippen LogP contribution in [-0.4, -0.2) is 9.97 Å². The van der Waals surface area contributed by atoms with E-state index >= 15 is 0 Å². The molecule has 0 bridgehead atoms. The maximum Gasteiger partial charge on any atom is 1.00 e. The fourth-order valence-electron chi connectivity index (χ4n) is 1.88. The van der Waals surface area contributed by atoms with Crippen molar-refractivity contribution in [2.24, 2.45) is 0 Å². The van der Waals surface area contributed by atoms with Crippen molar-refractivity contribution in [1.29, 1.82) is 0 Å². The van der Waals surface area contributed by atoms with Crippen LogP contribution in [0, 0.1) is 0 Å². The molecule has 3 rings (SSSR count). The van der Waals surface area contributed by atoms with Crippen molar-refractivity contribution in [1.82, 2.24) is 9.97 Å². The summed E-state index contributed by atoms with van der Waals surface area (Å²) in [6.07, 6.45) is -2.89. The average molecular weight is 312 g/mol. The van der Waals surface area contributed by atoms with Crippen molar-refractivity contribution in [3.63, 3.8) is 0 Å². The minimum absolute atomic E-state index is 0. The molecule has 0 aliphatic rings. The second kappa shape index (κ2) is 4.79. The van der Waals surface area contributed by atoms with Crippen LogP contribution in [-0.2, 0) is 23.2 Å². The largest absolute Gasteiger partial charge is 1.00 e. The molecule has 2 heterocycles. The predicted molar refractivity (Wildman–Crippen MR) is 62.0 cm³/mol. The van der Waals surface area contributed by atoms with Gasteiger partial charge in [-0.05, 0) is 12.1 Å². The van der Waals surface area contributed by atoms with E-state index in [1.54, 1.807) is 24.4 Å². The zero-order valence-corrected chi connectivity index (χ0v) is 10.3. The Labute approximate surface area is 117 Å². The van der Waals surface area contributed by atoms with Gasteiger partial charge in [-0.25, -0.2) is 4.98 Å². The van der Waals surface area contributed by atoms with Crippen LogP contribution in [0.3, 0.4) is 0 Å². The average Bonchev–Trinajstić information content (AvgIpc) is 2.37. The van der Waals surface area contributed by atoms with Gasteiger partial charge in [0.1, 0.15) is 5.69 Å². The van der Waals surface area contributed by atoms with Crippen LogP contribution in [0.5, 0.6) is 0 Å². The van der Waals surface area contributed by atoms with Gasteiger partial charge in [0.15, 0.2) is 0 Å². The first-order chi connectivity index (χ1) is 8.55. The number of aromatic nitrogens is 2. The first-order valence-corrected chi connectivity index (χ1v) is 5.27. The zero-order chi connectivity index (χ0) is 12.8. The van der Waals surface area contributed by atoms with Crippen molar-refractivity contribution >= 4 is 21.8 Å². The quantitative estimate of drug-likeness (QED) is 0.466. The van der Waals surface area contributed by atoms with Gasteiger partial charge >= 0.3 is 23.2 Å². The molecule has 19 heavy (non-hydrogen) atoms. The molecule has 0 fully saturated rings. The van der Waals surface area contributed by atoms with E-state index in [9.17, 15) is 13.2 Å². The third kappa shape index (κ3) is 2.41. The molecular weight excluding hydrogens is 305 g/mol. The third-order valence-electron chi connectivity index (χ3n) is 2.72. The molecule has 2 nitrogen and oxygen atoms in total. The van der Waals surface area contributed by atoms with E-state index in [4.69, 9.17) is 0 Å². The van der Waals surface area contributed by atoms with Crippen molar-refractivity contribution in [2.75, 3.05) is 0 Å². The molecular formula is C13H7CuF3N2+. The summed E-state index contributed by atoms with van der Waals surface area (Å²) in [4.78, 5) is 7.79. The van der Waals surface area contributed by atoms with Gasteiger partial charge < -0.3 is 0 Å². The number of fused-ring (bicyclic) bond motifs is 3. The van der Waals surface area contributed by atoms with Crippen LogP contribution < -0.4 is 0 Å². The summed E-state index contributed by atoms with van der Waals surface area (Å²) in [5.41, 5.74) is -0.128. The van der Waals surface area contributed by atoms with Gasteiger partial charge in [-0.1, -0.05) is 24.3 Å². The number of alkyl halides is 3. The fraction of sp³-hybridized carbons (Fsp3) is 0.0769. The third-order valence-corrected chi connectivity index (χ3v) is 2.72. The fourth-order valence-corrected chi connectivity index (χ4v) is 1.88. The molecule has 2 aromatic heterocycles. The number of rotatable bonds is 0. The number of halogens is 3. The molecule has 0 N–H and O–H groups in total. The van der Waals surface area contributed by atoms with Gasteiger partial charge in [0.25, 0.3) is 0 Å². The Bertz CT molecular complexity index is 741. The molecule has 0 atom stereocenters. The summed E-state index contributed by atoms with van der Waals surface area (Å²) in [5.74, 6) is 0. The zero-order valence-electron chi connectivity index (χ0n) is 9.37. The molecule has 0 spiro atoms. The summed E-state index contributed by atoms with van der Waals surface area (Å²) in [7, 11) is 0. The van der Waals surface area contributed by atoms with E-state index in [-0.39, 0.29) is 22.6 Å². The van der Waals surface area contributed by atoms with Crippen LogP contribution >= 0.6 is 0 Å². The summed E-state index contributed by atoms with van der Waals surface area (Å²) in [5, 5.41) is 1.42. The topological polar surface area (TPSA) is 25.8 Å². The monoisotopic (exact) mass is 311 g/mol. The number of hydrogen-bond donors (Lipinski definition) is 0. The smallest absolute Gasteiger partial charge is 0.254 e. The number of benzene rings is 1. The number of hydrogen-bond acceptors (Lipinski definition) is 2. The minimum Gasteiger partial charge on any atom is -0.254 e. The van der Waals surface area contributed by atoms with Crippen molar-refractivity contribution in [3.05, 3.63) is 48.3 Å². The maximum absolute atomic E-state index is 12.6. The Morgan fingerprint density at radius 2 is 1.47 bits per heavy atom. The molecule has 1 aromatic carbocycles. The molecule has 0 amide bonds. The van der Waals surface area contributed by atoms with E-state index in [0.717, 1.165) is 11.5 Å². The number of nitrogens with zero attached hydrogens (tertiary/aromatic N) is 2. The van der Waals surface area contributed by atoms with Gasteiger partial charge in [-0.15, -0.1) is 0 Å². The van der Waals surface area contributed by atoms with Crippen molar-refractivity contribution in [2.45, 2.75) is 6.18 Å². The van der Waals surface area contributed by atoms with Gasteiger partial charge in [0.2, 0.25) is 0 Å². The standard InChI is InChI=1S/C13H7F3N2.Cu/c14-13(15,16)10-6-5-9-4-3-8-2-1-7-17-11(8)12(9)18-10;/h1-7H;/q;+1. The van der Waals surface area contributed by atoms with Crippen molar-refractivity contribution < 1.29 is 30.2 Å². The van der Waals surface area contributed by atoms with Gasteiger partial charge in [-0.2, -0.15) is 13.2 Å². The first-order valence-electron chi connectivity index (χ1n) is 5.27. The molecule has 3 aromatic rings. The van der Waals surface area contributed by atoms with Crippen LogP contribution in [0.15, 0.2) is 42.6 Å². The summed E-state index contributed by atoms with van der Waals surface area (Å²) in [6, 6.07) is 9.49. The number of pyridine rings is 2. The molecule has 0 saturated carbocycles.